The fourth-order valence-corrected chi connectivity index (χ4v) is 4.61. The number of amides is 1. The van der Waals surface area contributed by atoms with E-state index in [1.54, 1.807) is 31.3 Å². The highest BCUT2D eigenvalue weighted by Gasteiger charge is 2.28. The van der Waals surface area contributed by atoms with Gasteiger partial charge in [0.1, 0.15) is 0 Å². The van der Waals surface area contributed by atoms with Crippen molar-refractivity contribution in [3.05, 3.63) is 75.9 Å². The molecule has 0 saturated carbocycles. The predicted octanol–water partition coefficient (Wildman–Crippen LogP) is 3.28. The standard InChI is InChI=1S/C25H29BrN6O2/c1-28-23-22(24(34)29-14-21(33)17-8-3-2-4-9-17)32(15-18-10-5-6-12-20(18)26)25(30-23)31-13-7-11-19(27)16-31/h2-6,8-10,12,19,28H,7,11,13-16,27H2,1H3,(H,29,34)/t19-/m1/s1. The number of carbonyl (C=O) groups excluding carboxylic acids is 2. The Bertz CT molecular complexity index is 1160. The minimum Gasteiger partial charge on any atom is -0.371 e. The normalized spacial score (nSPS) is 15.7. The number of nitrogens with zero attached hydrogens (tertiary/aromatic N) is 3. The summed E-state index contributed by atoms with van der Waals surface area (Å²) in [6.07, 6.45) is 1.93. The Balaban J connectivity index is 1.67. The van der Waals surface area contributed by atoms with Crippen molar-refractivity contribution in [1.29, 1.82) is 0 Å². The molecule has 8 nitrogen and oxygen atoms in total. The van der Waals surface area contributed by atoms with E-state index in [1.807, 2.05) is 34.9 Å². The van der Waals surface area contributed by atoms with Gasteiger partial charge in [-0.3, -0.25) is 14.2 Å². The van der Waals surface area contributed by atoms with E-state index in [2.05, 4.69) is 31.5 Å². The molecule has 1 atom stereocenters. The van der Waals surface area contributed by atoms with Gasteiger partial charge in [0.2, 0.25) is 5.95 Å². The van der Waals surface area contributed by atoms with Crippen LogP contribution in [0.15, 0.2) is 59.1 Å². The monoisotopic (exact) mass is 524 g/mol. The molecule has 1 aromatic heterocycles. The molecule has 4 N–H and O–H groups in total. The third-order valence-electron chi connectivity index (χ3n) is 5.93. The van der Waals surface area contributed by atoms with Crippen LogP contribution in [0, 0.1) is 0 Å². The van der Waals surface area contributed by atoms with Crippen molar-refractivity contribution in [3.63, 3.8) is 0 Å². The fourth-order valence-electron chi connectivity index (χ4n) is 4.20. The third-order valence-corrected chi connectivity index (χ3v) is 6.71. The summed E-state index contributed by atoms with van der Waals surface area (Å²) in [5.74, 6) is 0.639. The van der Waals surface area contributed by atoms with Gasteiger partial charge in [0.15, 0.2) is 17.3 Å². The first-order chi connectivity index (χ1) is 16.5. The maximum atomic E-state index is 13.4. The topological polar surface area (TPSA) is 105 Å². The van der Waals surface area contributed by atoms with Crippen LogP contribution >= 0.6 is 15.9 Å². The Morgan fingerprint density at radius 3 is 2.59 bits per heavy atom. The Kier molecular flexibility index (Phi) is 7.64. The molecule has 0 unspecified atom stereocenters. The largest absolute Gasteiger partial charge is 0.371 e. The number of Topliss-reactive ketones (excluding diaryl/α,β-unsaturated/α-hetero) is 1. The van der Waals surface area contributed by atoms with E-state index < -0.39 is 0 Å². The number of aromatic nitrogens is 2. The van der Waals surface area contributed by atoms with Crippen LogP contribution in [0.25, 0.3) is 0 Å². The first-order valence-electron chi connectivity index (χ1n) is 11.4. The lowest BCUT2D eigenvalue weighted by atomic mass is 10.1. The molecule has 4 rings (SSSR count). The highest BCUT2D eigenvalue weighted by molar-refractivity contribution is 9.10. The first kappa shape index (κ1) is 24.0. The summed E-state index contributed by atoms with van der Waals surface area (Å²) in [6.45, 7) is 1.82. The summed E-state index contributed by atoms with van der Waals surface area (Å²) in [5, 5.41) is 5.85. The van der Waals surface area contributed by atoms with Crippen molar-refractivity contribution >= 4 is 39.4 Å². The lowest BCUT2D eigenvalue weighted by Crippen LogP contribution is -2.44. The van der Waals surface area contributed by atoms with Crippen molar-refractivity contribution in [1.82, 2.24) is 14.9 Å². The number of hydrogen-bond donors (Lipinski definition) is 3. The van der Waals surface area contributed by atoms with Gasteiger partial charge in [-0.2, -0.15) is 4.98 Å². The van der Waals surface area contributed by atoms with Crippen molar-refractivity contribution in [3.8, 4) is 0 Å². The lowest BCUT2D eigenvalue weighted by molar-refractivity contribution is 0.0899. The Morgan fingerprint density at radius 1 is 1.15 bits per heavy atom. The van der Waals surface area contributed by atoms with Gasteiger partial charge in [-0.1, -0.05) is 64.5 Å². The molecule has 2 aromatic carbocycles. The molecular formula is C25H29BrN6O2. The smallest absolute Gasteiger partial charge is 0.272 e. The van der Waals surface area contributed by atoms with Crippen LogP contribution in [-0.4, -0.2) is 54.0 Å². The number of piperidine rings is 1. The zero-order valence-corrected chi connectivity index (χ0v) is 20.7. The van der Waals surface area contributed by atoms with Crippen molar-refractivity contribution in [2.75, 3.05) is 36.9 Å². The number of nitrogens with one attached hydrogen (secondary N) is 2. The van der Waals surface area contributed by atoms with Gasteiger partial charge < -0.3 is 21.3 Å². The van der Waals surface area contributed by atoms with E-state index in [0.29, 0.717) is 36.1 Å². The summed E-state index contributed by atoms with van der Waals surface area (Å²) in [7, 11) is 1.74. The molecule has 9 heteroatoms. The van der Waals surface area contributed by atoms with Gasteiger partial charge in [0.25, 0.3) is 5.91 Å². The number of benzene rings is 2. The zero-order chi connectivity index (χ0) is 24.1. The van der Waals surface area contributed by atoms with Crippen LogP contribution < -0.4 is 21.3 Å². The molecule has 1 fully saturated rings. The van der Waals surface area contributed by atoms with Crippen LogP contribution in [0.5, 0.6) is 0 Å². The van der Waals surface area contributed by atoms with Crippen LogP contribution in [0.2, 0.25) is 0 Å². The minimum atomic E-state index is -0.360. The molecular weight excluding hydrogens is 496 g/mol. The predicted molar refractivity (Wildman–Crippen MR) is 138 cm³/mol. The van der Waals surface area contributed by atoms with Crippen molar-refractivity contribution < 1.29 is 9.59 Å². The second-order valence-electron chi connectivity index (χ2n) is 8.36. The van der Waals surface area contributed by atoms with Gasteiger partial charge in [0.05, 0.1) is 13.1 Å². The molecule has 2 heterocycles. The van der Waals surface area contributed by atoms with E-state index in [-0.39, 0.29) is 24.3 Å². The first-order valence-corrected chi connectivity index (χ1v) is 12.2. The number of anilines is 2. The van der Waals surface area contributed by atoms with Gasteiger partial charge in [-0.25, -0.2) is 0 Å². The number of halogens is 1. The number of rotatable bonds is 8. The molecule has 1 saturated heterocycles. The van der Waals surface area contributed by atoms with E-state index in [9.17, 15) is 9.59 Å². The average molecular weight is 525 g/mol. The molecule has 1 aliphatic heterocycles. The Labute approximate surface area is 207 Å². The summed E-state index contributed by atoms with van der Waals surface area (Å²) in [5.41, 5.74) is 8.20. The highest BCUT2D eigenvalue weighted by atomic mass is 79.9. The minimum absolute atomic E-state index is 0.0566. The Hall–Kier alpha value is -3.17. The summed E-state index contributed by atoms with van der Waals surface area (Å²) in [4.78, 5) is 32.9. The molecule has 178 valence electrons. The molecule has 0 radical (unpaired) electrons. The maximum Gasteiger partial charge on any atom is 0.272 e. The second kappa shape index (κ2) is 10.8. The molecule has 0 bridgehead atoms. The molecule has 3 aromatic rings. The number of ketones is 1. The van der Waals surface area contributed by atoms with E-state index >= 15 is 0 Å². The van der Waals surface area contributed by atoms with E-state index in [1.165, 1.54) is 0 Å². The van der Waals surface area contributed by atoms with Gasteiger partial charge in [-0.05, 0) is 24.5 Å². The molecule has 1 amide bonds. The molecule has 1 aliphatic rings. The van der Waals surface area contributed by atoms with Crippen LogP contribution in [0.4, 0.5) is 11.8 Å². The van der Waals surface area contributed by atoms with E-state index in [0.717, 1.165) is 29.4 Å². The number of carbonyl (C=O) groups is 2. The summed E-state index contributed by atoms with van der Waals surface area (Å²) in [6, 6.07) is 16.9. The quantitative estimate of drug-likeness (QED) is 0.390. The van der Waals surface area contributed by atoms with Crippen LogP contribution in [0.3, 0.4) is 0 Å². The number of imidazole rings is 1. The lowest BCUT2D eigenvalue weighted by Gasteiger charge is -2.32. The second-order valence-corrected chi connectivity index (χ2v) is 9.21. The molecule has 0 spiro atoms. The maximum absolute atomic E-state index is 13.4. The molecule has 0 aliphatic carbocycles. The average Bonchev–Trinajstić information content (AvgIpc) is 3.22. The highest BCUT2D eigenvalue weighted by Crippen LogP contribution is 2.29. The SMILES string of the molecule is CNc1nc(N2CCC[C@@H](N)C2)n(Cc2ccccc2Br)c1C(=O)NCC(=O)c1ccccc1. The zero-order valence-electron chi connectivity index (χ0n) is 19.1. The number of hydrogen-bond acceptors (Lipinski definition) is 6. The van der Waals surface area contributed by atoms with Crippen LogP contribution in [0.1, 0.15) is 39.3 Å². The van der Waals surface area contributed by atoms with Gasteiger partial charge >= 0.3 is 0 Å². The number of nitrogens with two attached hydrogens (primary N) is 1. The van der Waals surface area contributed by atoms with Gasteiger partial charge in [0, 0.05) is 36.2 Å². The Morgan fingerprint density at radius 2 is 1.88 bits per heavy atom. The van der Waals surface area contributed by atoms with Crippen molar-refractivity contribution in [2.24, 2.45) is 5.73 Å². The molecule has 34 heavy (non-hydrogen) atoms. The van der Waals surface area contributed by atoms with Crippen molar-refractivity contribution in [2.45, 2.75) is 25.4 Å². The van der Waals surface area contributed by atoms with Crippen LogP contribution in [-0.2, 0) is 6.54 Å². The fraction of sp³-hybridized carbons (Fsp3) is 0.320. The van der Waals surface area contributed by atoms with E-state index in [4.69, 9.17) is 10.7 Å². The summed E-state index contributed by atoms with van der Waals surface area (Å²) < 4.78 is 2.85. The summed E-state index contributed by atoms with van der Waals surface area (Å²) >= 11 is 3.62. The third kappa shape index (κ3) is 5.31. The van der Waals surface area contributed by atoms with Gasteiger partial charge in [-0.15, -0.1) is 0 Å².